The first kappa shape index (κ1) is 22.1. The molecule has 0 saturated carbocycles. The molecule has 1 N–H and O–H groups in total. The predicted molar refractivity (Wildman–Crippen MR) is 136 cm³/mol. The van der Waals surface area contributed by atoms with Crippen LogP contribution in [-0.4, -0.2) is 40.7 Å². The third kappa shape index (κ3) is 3.06. The van der Waals surface area contributed by atoms with E-state index in [0.29, 0.717) is 56.4 Å². The third-order valence-corrected chi connectivity index (χ3v) is 8.34. The van der Waals surface area contributed by atoms with Crippen molar-refractivity contribution < 1.29 is 9.13 Å². The van der Waals surface area contributed by atoms with Gasteiger partial charge in [0.25, 0.3) is 0 Å². The van der Waals surface area contributed by atoms with Gasteiger partial charge in [-0.1, -0.05) is 6.07 Å². The maximum atomic E-state index is 16.7. The average molecular weight is 473 g/mol. The fourth-order valence-electron chi connectivity index (χ4n) is 6.66. The number of pyridine rings is 1. The normalized spacial score (nSPS) is 22.5. The van der Waals surface area contributed by atoms with E-state index in [4.69, 9.17) is 4.74 Å². The molecule has 2 aromatic carbocycles. The van der Waals surface area contributed by atoms with Crippen LogP contribution in [0.15, 0.2) is 29.1 Å². The summed E-state index contributed by atoms with van der Waals surface area (Å²) in [6, 6.07) is 9.94. The molecule has 2 atom stereocenters. The standard InChI is InChI=1S/C28H29FN4O2/c1-14(2)33-26-20(27(34)24-19-8-5-15(13-30)9-21(19)31-28(24)33)12-22(35-4)23(25(26)29)16-10-17-6-7-18(11-16)32(17)3/h5,8-9,12,14,16-18,31H,6-7,10-11H2,1-4H3. The van der Waals surface area contributed by atoms with Crippen molar-refractivity contribution in [3.8, 4) is 11.8 Å². The molecule has 7 heteroatoms. The first-order valence-corrected chi connectivity index (χ1v) is 12.4. The fourth-order valence-corrected chi connectivity index (χ4v) is 6.66. The number of nitrogens with one attached hydrogen (secondary N) is 1. The minimum absolute atomic E-state index is 0.0513. The van der Waals surface area contributed by atoms with Gasteiger partial charge in [-0.15, -0.1) is 0 Å². The number of rotatable bonds is 3. The van der Waals surface area contributed by atoms with Crippen LogP contribution in [0.5, 0.6) is 5.75 Å². The Labute approximate surface area is 202 Å². The van der Waals surface area contributed by atoms with Crippen molar-refractivity contribution in [2.45, 2.75) is 63.6 Å². The van der Waals surface area contributed by atoms with E-state index in [1.165, 1.54) is 0 Å². The molecule has 0 spiro atoms. The van der Waals surface area contributed by atoms with Crippen LogP contribution in [0.25, 0.3) is 32.8 Å². The van der Waals surface area contributed by atoms with Crippen LogP contribution >= 0.6 is 0 Å². The zero-order valence-corrected chi connectivity index (χ0v) is 20.5. The van der Waals surface area contributed by atoms with Crippen LogP contribution in [0.2, 0.25) is 0 Å². The van der Waals surface area contributed by atoms with Crippen LogP contribution in [0.1, 0.15) is 62.6 Å². The summed E-state index contributed by atoms with van der Waals surface area (Å²) < 4.78 is 24.3. The molecule has 2 bridgehead atoms. The SMILES string of the molecule is COc1cc2c(=O)c3c4ccc(C#N)cc4[nH]c3n(C(C)C)c2c(F)c1C1CC2CCC(C1)N2C. The molecule has 0 radical (unpaired) electrons. The van der Waals surface area contributed by atoms with Crippen LogP contribution in [-0.2, 0) is 0 Å². The van der Waals surface area contributed by atoms with Crippen LogP contribution < -0.4 is 10.2 Å². The van der Waals surface area contributed by atoms with E-state index in [1.54, 1.807) is 31.4 Å². The molecule has 0 aliphatic carbocycles. The maximum absolute atomic E-state index is 16.7. The van der Waals surface area contributed by atoms with Gasteiger partial charge in [-0.3, -0.25) is 4.79 Å². The first-order valence-electron chi connectivity index (χ1n) is 12.4. The van der Waals surface area contributed by atoms with Gasteiger partial charge < -0.3 is 19.2 Å². The van der Waals surface area contributed by atoms with Gasteiger partial charge in [-0.05, 0) is 70.7 Å². The van der Waals surface area contributed by atoms with E-state index in [9.17, 15) is 10.1 Å². The highest BCUT2D eigenvalue weighted by atomic mass is 19.1. The van der Waals surface area contributed by atoms with Gasteiger partial charge >= 0.3 is 0 Å². The van der Waals surface area contributed by atoms with E-state index in [0.717, 1.165) is 31.1 Å². The zero-order chi connectivity index (χ0) is 24.6. The molecule has 6 nitrogen and oxygen atoms in total. The second-order valence-corrected chi connectivity index (χ2v) is 10.4. The minimum Gasteiger partial charge on any atom is -0.496 e. The molecular weight excluding hydrogens is 443 g/mol. The van der Waals surface area contributed by atoms with Gasteiger partial charge in [0, 0.05) is 34.6 Å². The Hall–Kier alpha value is -3.37. The zero-order valence-electron chi connectivity index (χ0n) is 20.5. The molecule has 6 rings (SSSR count). The van der Waals surface area contributed by atoms with Crippen LogP contribution in [0.4, 0.5) is 4.39 Å². The van der Waals surface area contributed by atoms with Crippen molar-refractivity contribution in [2.75, 3.05) is 14.2 Å². The average Bonchev–Trinajstić information content (AvgIpc) is 3.29. The largest absolute Gasteiger partial charge is 0.496 e. The number of nitriles is 1. The van der Waals surface area contributed by atoms with E-state index >= 15 is 4.39 Å². The van der Waals surface area contributed by atoms with Crippen molar-refractivity contribution in [3.63, 3.8) is 0 Å². The molecule has 4 aromatic rings. The number of halogens is 1. The van der Waals surface area contributed by atoms with Crippen molar-refractivity contribution in [2.24, 2.45) is 0 Å². The number of hydrogen-bond donors (Lipinski definition) is 1. The molecule has 35 heavy (non-hydrogen) atoms. The number of hydrogen-bond acceptors (Lipinski definition) is 4. The molecular formula is C28H29FN4O2. The number of piperidine rings is 1. The number of benzene rings is 2. The van der Waals surface area contributed by atoms with Crippen LogP contribution in [0, 0.1) is 17.1 Å². The minimum atomic E-state index is -0.350. The molecule has 2 fully saturated rings. The Morgan fingerprint density at radius 1 is 1.17 bits per heavy atom. The maximum Gasteiger partial charge on any atom is 0.199 e. The molecule has 0 amide bonds. The lowest BCUT2D eigenvalue weighted by atomic mass is 9.83. The monoisotopic (exact) mass is 472 g/mol. The summed E-state index contributed by atoms with van der Waals surface area (Å²) in [6.07, 6.45) is 4.07. The van der Waals surface area contributed by atoms with Gasteiger partial charge in [0.1, 0.15) is 11.4 Å². The summed E-state index contributed by atoms with van der Waals surface area (Å²) in [5.41, 5.74) is 2.48. The topological polar surface area (TPSA) is 74.0 Å². The quantitative estimate of drug-likeness (QED) is 0.423. The Morgan fingerprint density at radius 3 is 2.51 bits per heavy atom. The Balaban J connectivity index is 1.70. The highest BCUT2D eigenvalue weighted by molar-refractivity contribution is 6.10. The summed E-state index contributed by atoms with van der Waals surface area (Å²) >= 11 is 0. The van der Waals surface area contributed by atoms with Gasteiger partial charge in [0.2, 0.25) is 0 Å². The highest BCUT2D eigenvalue weighted by Gasteiger charge is 2.41. The lowest BCUT2D eigenvalue weighted by Gasteiger charge is -2.37. The second kappa shape index (κ2) is 7.82. The first-order chi connectivity index (χ1) is 16.8. The molecule has 2 unspecified atom stereocenters. The van der Waals surface area contributed by atoms with Crippen LogP contribution in [0.3, 0.4) is 0 Å². The molecule has 2 aromatic heterocycles. The number of methoxy groups -OCH3 is 1. The molecule has 2 aliphatic rings. The van der Waals surface area contributed by atoms with E-state index in [-0.39, 0.29) is 23.2 Å². The Kier molecular flexibility index (Phi) is 4.94. The van der Waals surface area contributed by atoms with Crippen molar-refractivity contribution in [1.29, 1.82) is 5.26 Å². The number of ether oxygens (including phenoxy) is 1. The molecule has 2 aliphatic heterocycles. The van der Waals surface area contributed by atoms with Crippen molar-refractivity contribution in [3.05, 3.63) is 51.4 Å². The molecule has 4 heterocycles. The summed E-state index contributed by atoms with van der Waals surface area (Å²) in [5.74, 6) is 0.162. The lowest BCUT2D eigenvalue weighted by Crippen LogP contribution is -2.39. The number of aromatic nitrogens is 2. The number of H-pyrrole nitrogens is 1. The number of fused-ring (bicyclic) bond motifs is 6. The third-order valence-electron chi connectivity index (χ3n) is 8.34. The smallest absolute Gasteiger partial charge is 0.199 e. The summed E-state index contributed by atoms with van der Waals surface area (Å²) in [5, 5.41) is 10.9. The summed E-state index contributed by atoms with van der Waals surface area (Å²) in [4.78, 5) is 19.6. The Bertz CT molecular complexity index is 1600. The molecule has 180 valence electrons. The van der Waals surface area contributed by atoms with Crippen molar-refractivity contribution in [1.82, 2.24) is 14.5 Å². The van der Waals surface area contributed by atoms with Gasteiger partial charge in [0.05, 0.1) is 35.0 Å². The van der Waals surface area contributed by atoms with Gasteiger partial charge in [-0.2, -0.15) is 5.26 Å². The van der Waals surface area contributed by atoms with E-state index in [2.05, 4.69) is 23.0 Å². The molecule has 2 saturated heterocycles. The fraction of sp³-hybridized carbons (Fsp3) is 0.429. The van der Waals surface area contributed by atoms with E-state index in [1.807, 2.05) is 18.4 Å². The number of aromatic amines is 1. The van der Waals surface area contributed by atoms with E-state index < -0.39 is 0 Å². The number of nitrogens with zero attached hydrogens (tertiary/aromatic N) is 3. The van der Waals surface area contributed by atoms with Crippen molar-refractivity contribution >= 4 is 32.8 Å². The van der Waals surface area contributed by atoms with Gasteiger partial charge in [0.15, 0.2) is 11.2 Å². The van der Waals surface area contributed by atoms with Gasteiger partial charge in [-0.25, -0.2) is 4.39 Å². The Morgan fingerprint density at radius 2 is 1.89 bits per heavy atom. The second-order valence-electron chi connectivity index (χ2n) is 10.4. The predicted octanol–water partition coefficient (Wildman–Crippen LogP) is 5.58. The lowest BCUT2D eigenvalue weighted by molar-refractivity contribution is 0.159. The highest BCUT2D eigenvalue weighted by Crippen LogP contribution is 2.47. The summed E-state index contributed by atoms with van der Waals surface area (Å²) in [7, 11) is 3.73. The summed E-state index contributed by atoms with van der Waals surface area (Å²) in [6.45, 7) is 3.99.